The number of nitriles is 1. The lowest BCUT2D eigenvalue weighted by atomic mass is 10.2. The summed E-state index contributed by atoms with van der Waals surface area (Å²) in [6, 6.07) is 12.8. The van der Waals surface area contributed by atoms with Crippen LogP contribution in [0.5, 0.6) is 0 Å². The maximum Gasteiger partial charge on any atom is 0.142 e. The predicted octanol–water partition coefficient (Wildman–Crippen LogP) is 3.63. The summed E-state index contributed by atoms with van der Waals surface area (Å²) >= 11 is 3.28. The van der Waals surface area contributed by atoms with Crippen LogP contribution >= 0.6 is 15.9 Å². The largest absolute Gasteiger partial charge is 0.249 e. The van der Waals surface area contributed by atoms with Gasteiger partial charge < -0.3 is 0 Å². The summed E-state index contributed by atoms with van der Waals surface area (Å²) in [5.41, 5.74) is -0.171. The zero-order chi connectivity index (χ0) is 13.1. The fourth-order valence-corrected chi connectivity index (χ4v) is 3.25. The summed E-state index contributed by atoms with van der Waals surface area (Å²) in [6.07, 6.45) is 0. The Hall–Kier alpha value is -1.51. The lowest BCUT2D eigenvalue weighted by molar-refractivity contribution is 0.618. The highest BCUT2D eigenvalue weighted by Crippen LogP contribution is 2.23. The molecule has 0 aliphatic heterocycles. The zero-order valence-corrected chi connectivity index (χ0v) is 11.5. The Morgan fingerprint density at radius 1 is 1.22 bits per heavy atom. The SMILES string of the molecule is N#Cc1c(F)cccc1[S@](=O)c1cccc(Br)c1. The van der Waals surface area contributed by atoms with Crippen molar-refractivity contribution in [3.05, 3.63) is 58.3 Å². The van der Waals surface area contributed by atoms with Gasteiger partial charge in [0, 0.05) is 9.37 Å². The van der Waals surface area contributed by atoms with E-state index in [1.54, 1.807) is 30.3 Å². The normalized spacial score (nSPS) is 11.8. The van der Waals surface area contributed by atoms with E-state index in [1.807, 2.05) is 0 Å². The Morgan fingerprint density at radius 3 is 2.61 bits per heavy atom. The van der Waals surface area contributed by atoms with Gasteiger partial charge in [-0.1, -0.05) is 28.1 Å². The van der Waals surface area contributed by atoms with Gasteiger partial charge in [0.05, 0.1) is 15.7 Å². The average Bonchev–Trinajstić information content (AvgIpc) is 2.37. The van der Waals surface area contributed by atoms with Crippen LogP contribution in [0.15, 0.2) is 56.7 Å². The van der Waals surface area contributed by atoms with E-state index < -0.39 is 16.6 Å². The first-order chi connectivity index (χ1) is 8.63. The highest BCUT2D eigenvalue weighted by Gasteiger charge is 2.15. The first-order valence-electron chi connectivity index (χ1n) is 4.99. The van der Waals surface area contributed by atoms with Gasteiger partial charge >= 0.3 is 0 Å². The van der Waals surface area contributed by atoms with Crippen molar-refractivity contribution in [1.82, 2.24) is 0 Å². The summed E-state index contributed by atoms with van der Waals surface area (Å²) in [4.78, 5) is 0.710. The lowest BCUT2D eigenvalue weighted by Gasteiger charge is -2.05. The van der Waals surface area contributed by atoms with Crippen LogP contribution in [0.4, 0.5) is 4.39 Å². The van der Waals surface area contributed by atoms with Crippen molar-refractivity contribution in [1.29, 1.82) is 5.26 Å². The second kappa shape index (κ2) is 5.42. The van der Waals surface area contributed by atoms with Crippen LogP contribution in [0, 0.1) is 17.1 Å². The maximum atomic E-state index is 13.4. The van der Waals surface area contributed by atoms with Crippen molar-refractivity contribution in [3.8, 4) is 6.07 Å². The molecule has 0 bridgehead atoms. The molecule has 18 heavy (non-hydrogen) atoms. The minimum absolute atomic E-state index is 0.171. The van der Waals surface area contributed by atoms with Gasteiger partial charge in [-0.2, -0.15) is 5.26 Å². The van der Waals surface area contributed by atoms with Crippen molar-refractivity contribution in [2.45, 2.75) is 9.79 Å². The van der Waals surface area contributed by atoms with Gasteiger partial charge in [0.2, 0.25) is 0 Å². The molecule has 0 saturated carbocycles. The average molecular weight is 324 g/mol. The highest BCUT2D eigenvalue weighted by molar-refractivity contribution is 9.10. The Labute approximate surface area is 115 Å². The Morgan fingerprint density at radius 2 is 1.94 bits per heavy atom. The number of rotatable bonds is 2. The minimum Gasteiger partial charge on any atom is -0.249 e. The summed E-state index contributed by atoms with van der Waals surface area (Å²) in [7, 11) is -1.57. The van der Waals surface area contributed by atoms with Gasteiger partial charge in [-0.15, -0.1) is 0 Å². The van der Waals surface area contributed by atoms with Crippen molar-refractivity contribution in [3.63, 3.8) is 0 Å². The van der Waals surface area contributed by atoms with Crippen molar-refractivity contribution in [2.24, 2.45) is 0 Å². The topological polar surface area (TPSA) is 40.9 Å². The molecular weight excluding hydrogens is 317 g/mol. The molecule has 0 aromatic heterocycles. The van der Waals surface area contributed by atoms with E-state index in [2.05, 4.69) is 15.9 Å². The van der Waals surface area contributed by atoms with E-state index in [0.29, 0.717) is 4.90 Å². The van der Waals surface area contributed by atoms with E-state index in [4.69, 9.17) is 5.26 Å². The predicted molar refractivity (Wildman–Crippen MR) is 69.9 cm³/mol. The molecule has 0 spiro atoms. The molecule has 0 N–H and O–H groups in total. The van der Waals surface area contributed by atoms with Crippen molar-refractivity contribution in [2.75, 3.05) is 0 Å². The van der Waals surface area contributed by atoms with E-state index in [0.717, 1.165) is 4.47 Å². The van der Waals surface area contributed by atoms with Crippen molar-refractivity contribution < 1.29 is 8.60 Å². The zero-order valence-electron chi connectivity index (χ0n) is 9.06. The summed E-state index contributed by atoms with van der Waals surface area (Å²) in [6.45, 7) is 0. The number of hydrogen-bond donors (Lipinski definition) is 0. The first-order valence-corrected chi connectivity index (χ1v) is 6.93. The Bertz CT molecular complexity index is 666. The third kappa shape index (κ3) is 2.50. The number of benzene rings is 2. The Balaban J connectivity index is 2.54. The monoisotopic (exact) mass is 323 g/mol. The van der Waals surface area contributed by atoms with Crippen LogP contribution in [-0.2, 0) is 10.8 Å². The summed E-state index contributed by atoms with van der Waals surface area (Å²) in [5, 5.41) is 8.92. The van der Waals surface area contributed by atoms with Crippen LogP contribution in [0.1, 0.15) is 5.56 Å². The van der Waals surface area contributed by atoms with Gasteiger partial charge in [0.25, 0.3) is 0 Å². The Kier molecular flexibility index (Phi) is 3.90. The third-order valence-corrected chi connectivity index (χ3v) is 4.21. The second-order valence-electron chi connectivity index (χ2n) is 3.45. The van der Waals surface area contributed by atoms with Crippen molar-refractivity contribution >= 4 is 26.7 Å². The number of nitrogens with zero attached hydrogens (tertiary/aromatic N) is 1. The molecular formula is C13H7BrFNOS. The fraction of sp³-hybridized carbons (Fsp3) is 0. The smallest absolute Gasteiger partial charge is 0.142 e. The molecule has 90 valence electrons. The minimum atomic E-state index is -1.57. The van der Waals surface area contributed by atoms with Crippen LogP contribution in [0.3, 0.4) is 0 Å². The molecule has 1 atom stereocenters. The standard InChI is InChI=1S/C13H7BrFNOS/c14-9-3-1-4-10(7-9)18(17)13-6-2-5-12(15)11(13)8-16/h1-7H/t18-/m1/s1. The first kappa shape index (κ1) is 12.9. The molecule has 0 unspecified atom stereocenters. The van der Waals surface area contributed by atoms with Gasteiger partial charge in [0.1, 0.15) is 17.4 Å². The van der Waals surface area contributed by atoms with Crippen LogP contribution in [0.2, 0.25) is 0 Å². The van der Waals surface area contributed by atoms with Crippen LogP contribution in [-0.4, -0.2) is 4.21 Å². The van der Waals surface area contributed by atoms with E-state index in [1.165, 1.54) is 18.2 Å². The molecule has 2 nitrogen and oxygen atoms in total. The molecule has 2 aromatic carbocycles. The van der Waals surface area contributed by atoms with Gasteiger partial charge in [0.15, 0.2) is 0 Å². The molecule has 0 radical (unpaired) electrons. The van der Waals surface area contributed by atoms with Crippen LogP contribution < -0.4 is 0 Å². The molecule has 0 amide bonds. The van der Waals surface area contributed by atoms with Crippen LogP contribution in [0.25, 0.3) is 0 Å². The number of hydrogen-bond acceptors (Lipinski definition) is 2. The number of halogens is 2. The fourth-order valence-electron chi connectivity index (χ4n) is 1.48. The molecule has 2 rings (SSSR count). The molecule has 5 heteroatoms. The molecule has 0 aliphatic carbocycles. The maximum absolute atomic E-state index is 13.4. The van der Waals surface area contributed by atoms with Gasteiger partial charge in [-0.05, 0) is 30.3 Å². The quantitative estimate of drug-likeness (QED) is 0.846. The molecule has 0 aliphatic rings. The highest BCUT2D eigenvalue weighted by atomic mass is 79.9. The van der Waals surface area contributed by atoms with E-state index in [-0.39, 0.29) is 10.5 Å². The lowest BCUT2D eigenvalue weighted by Crippen LogP contribution is -1.98. The molecule has 0 fully saturated rings. The second-order valence-corrected chi connectivity index (χ2v) is 5.82. The van der Waals surface area contributed by atoms with Gasteiger partial charge in [-0.3, -0.25) is 0 Å². The van der Waals surface area contributed by atoms with Gasteiger partial charge in [-0.25, -0.2) is 8.60 Å². The molecule has 0 heterocycles. The van der Waals surface area contributed by atoms with E-state index >= 15 is 0 Å². The summed E-state index contributed by atoms with van der Waals surface area (Å²) < 4.78 is 26.5. The van der Waals surface area contributed by atoms with E-state index in [9.17, 15) is 8.60 Å². The molecule has 0 saturated heterocycles. The third-order valence-electron chi connectivity index (χ3n) is 2.30. The molecule has 2 aromatic rings. The summed E-state index contributed by atoms with van der Waals surface area (Å²) in [5.74, 6) is -0.654.